The van der Waals surface area contributed by atoms with Gasteiger partial charge >= 0.3 is 5.97 Å². The van der Waals surface area contributed by atoms with E-state index >= 15 is 0 Å². The number of rotatable bonds is 5. The van der Waals surface area contributed by atoms with Gasteiger partial charge in [0.25, 0.3) is 10.1 Å². The van der Waals surface area contributed by atoms with Gasteiger partial charge in [-0.05, 0) is 12.8 Å². The van der Waals surface area contributed by atoms with Crippen molar-refractivity contribution in [3.05, 3.63) is 0 Å². The minimum atomic E-state index is -3.99. The van der Waals surface area contributed by atoms with Gasteiger partial charge in [0, 0.05) is 0 Å². The van der Waals surface area contributed by atoms with E-state index < -0.39 is 27.9 Å². The van der Waals surface area contributed by atoms with Crippen molar-refractivity contribution in [2.45, 2.75) is 18.9 Å². The molecule has 0 aliphatic carbocycles. The Labute approximate surface area is 70.1 Å². The molecule has 72 valence electrons. The molecule has 0 unspecified atom stereocenters. The molecule has 0 radical (unpaired) electrons. The molecule has 0 bridgehead atoms. The molecule has 0 rings (SSSR count). The highest BCUT2D eigenvalue weighted by Crippen LogP contribution is 1.97. The zero-order valence-corrected chi connectivity index (χ0v) is 7.12. The van der Waals surface area contributed by atoms with Crippen LogP contribution in [0, 0.1) is 0 Å². The van der Waals surface area contributed by atoms with E-state index in [4.69, 9.17) is 15.4 Å². The summed E-state index contributed by atoms with van der Waals surface area (Å²) in [5.74, 6) is -1.63. The van der Waals surface area contributed by atoms with Gasteiger partial charge in [-0.3, -0.25) is 9.35 Å². The lowest BCUT2D eigenvalue weighted by atomic mass is 10.2. The van der Waals surface area contributed by atoms with Crippen LogP contribution in [0.1, 0.15) is 12.8 Å². The second-order valence-electron chi connectivity index (χ2n) is 2.37. The fourth-order valence-corrected chi connectivity index (χ4v) is 1.14. The molecule has 0 aliphatic rings. The number of carboxylic acid groups (broad SMARTS) is 1. The third-order valence-electron chi connectivity index (χ3n) is 1.23. The molecule has 0 aliphatic heterocycles. The van der Waals surface area contributed by atoms with Gasteiger partial charge in [0.1, 0.15) is 6.04 Å². The minimum absolute atomic E-state index is 0.0368. The highest BCUT2D eigenvalue weighted by Gasteiger charge is 2.12. The van der Waals surface area contributed by atoms with Crippen molar-refractivity contribution in [1.29, 1.82) is 0 Å². The maximum atomic E-state index is 10.1. The van der Waals surface area contributed by atoms with E-state index in [1.165, 1.54) is 0 Å². The highest BCUT2D eigenvalue weighted by atomic mass is 32.2. The van der Waals surface area contributed by atoms with Crippen molar-refractivity contribution in [3.8, 4) is 0 Å². The predicted octanol–water partition coefficient (Wildman–Crippen LogP) is -0.934. The average Bonchev–Trinajstić information content (AvgIpc) is 1.84. The van der Waals surface area contributed by atoms with Crippen molar-refractivity contribution in [2.24, 2.45) is 5.73 Å². The molecular formula is C5H11NO5S. The summed E-state index contributed by atoms with van der Waals surface area (Å²) in [6.07, 6.45) is 0.0847. The monoisotopic (exact) mass is 197 g/mol. The largest absolute Gasteiger partial charge is 0.480 e. The molecular weight excluding hydrogens is 186 g/mol. The summed E-state index contributed by atoms with van der Waals surface area (Å²) in [5, 5.41) is 8.27. The van der Waals surface area contributed by atoms with Crippen LogP contribution >= 0.6 is 0 Å². The van der Waals surface area contributed by atoms with Crippen LogP contribution in [0.2, 0.25) is 0 Å². The van der Waals surface area contributed by atoms with Crippen LogP contribution in [0.15, 0.2) is 0 Å². The Kier molecular flexibility index (Phi) is 4.15. The number of aliphatic carboxylic acids is 1. The molecule has 0 heterocycles. The van der Waals surface area contributed by atoms with E-state index in [9.17, 15) is 13.2 Å². The number of carboxylic acids is 1. The zero-order valence-electron chi connectivity index (χ0n) is 6.30. The number of carbonyl (C=O) groups is 1. The topological polar surface area (TPSA) is 118 Å². The average molecular weight is 197 g/mol. The van der Waals surface area contributed by atoms with Crippen molar-refractivity contribution in [2.75, 3.05) is 5.75 Å². The van der Waals surface area contributed by atoms with E-state index in [0.29, 0.717) is 0 Å². The highest BCUT2D eigenvalue weighted by molar-refractivity contribution is 7.85. The number of nitrogens with two attached hydrogens (primary N) is 1. The van der Waals surface area contributed by atoms with Gasteiger partial charge in [0.15, 0.2) is 0 Å². The van der Waals surface area contributed by atoms with Crippen molar-refractivity contribution >= 4 is 16.1 Å². The number of hydrogen-bond donors (Lipinski definition) is 3. The predicted molar refractivity (Wildman–Crippen MR) is 41.3 cm³/mol. The van der Waals surface area contributed by atoms with Crippen LogP contribution in [0.25, 0.3) is 0 Å². The molecule has 0 saturated carbocycles. The summed E-state index contributed by atoms with van der Waals surface area (Å²) >= 11 is 0. The molecule has 1 atom stereocenters. The molecule has 0 amide bonds. The summed E-state index contributed by atoms with van der Waals surface area (Å²) in [6.45, 7) is 0. The normalized spacial score (nSPS) is 14.2. The van der Waals surface area contributed by atoms with Gasteiger partial charge in [0.2, 0.25) is 0 Å². The molecule has 0 aromatic rings. The maximum absolute atomic E-state index is 10.1. The van der Waals surface area contributed by atoms with Gasteiger partial charge in [0.05, 0.1) is 5.75 Å². The van der Waals surface area contributed by atoms with E-state index in [1.54, 1.807) is 0 Å². The zero-order chi connectivity index (χ0) is 9.78. The fourth-order valence-electron chi connectivity index (χ4n) is 0.609. The van der Waals surface area contributed by atoms with Gasteiger partial charge in [-0.25, -0.2) is 0 Å². The second kappa shape index (κ2) is 4.39. The van der Waals surface area contributed by atoms with Crippen LogP contribution in [0.4, 0.5) is 0 Å². The molecule has 12 heavy (non-hydrogen) atoms. The lowest BCUT2D eigenvalue weighted by Gasteiger charge is -2.03. The molecule has 0 aromatic heterocycles. The standard InChI is InChI=1S/C5H11NO5S/c6-4(5(7)8)2-1-3-12(9,10)11/h4H,1-3,6H2,(H,7,8)(H,9,10,11)/t4-/m1/s1. The van der Waals surface area contributed by atoms with Gasteiger partial charge < -0.3 is 10.8 Å². The first-order valence-electron chi connectivity index (χ1n) is 3.26. The molecule has 0 fully saturated rings. The second-order valence-corrected chi connectivity index (χ2v) is 3.95. The van der Waals surface area contributed by atoms with E-state index in [2.05, 4.69) is 0 Å². The summed E-state index contributed by atoms with van der Waals surface area (Å²) in [4.78, 5) is 10.1. The Morgan fingerprint density at radius 1 is 1.50 bits per heavy atom. The molecule has 6 nitrogen and oxygen atoms in total. The van der Waals surface area contributed by atoms with Crippen LogP contribution in [-0.2, 0) is 14.9 Å². The Morgan fingerprint density at radius 3 is 2.33 bits per heavy atom. The fraction of sp³-hybridized carbons (Fsp3) is 0.800. The third kappa shape index (κ3) is 6.08. The van der Waals surface area contributed by atoms with E-state index in [-0.39, 0.29) is 12.8 Å². The Morgan fingerprint density at radius 2 is 2.00 bits per heavy atom. The maximum Gasteiger partial charge on any atom is 0.320 e. The van der Waals surface area contributed by atoms with Crippen LogP contribution in [0.5, 0.6) is 0 Å². The summed E-state index contributed by atoms with van der Waals surface area (Å²) in [7, 11) is -3.99. The van der Waals surface area contributed by atoms with Gasteiger partial charge in [-0.2, -0.15) is 8.42 Å². The molecule has 0 saturated heterocycles. The van der Waals surface area contributed by atoms with Crippen LogP contribution < -0.4 is 5.73 Å². The molecule has 4 N–H and O–H groups in total. The molecule has 0 spiro atoms. The van der Waals surface area contributed by atoms with Crippen LogP contribution in [-0.4, -0.2) is 35.8 Å². The Hall–Kier alpha value is -0.660. The summed E-state index contributed by atoms with van der Waals surface area (Å²) < 4.78 is 28.6. The molecule has 7 heteroatoms. The minimum Gasteiger partial charge on any atom is -0.480 e. The van der Waals surface area contributed by atoms with Crippen molar-refractivity contribution in [3.63, 3.8) is 0 Å². The first kappa shape index (κ1) is 11.3. The SMILES string of the molecule is N[C@H](CCCS(=O)(=O)O)C(=O)O. The summed E-state index contributed by atoms with van der Waals surface area (Å²) in [6, 6.07) is -1.06. The lowest BCUT2D eigenvalue weighted by Crippen LogP contribution is -2.30. The Bertz CT molecular complexity index is 247. The Balaban J connectivity index is 3.65. The third-order valence-corrected chi connectivity index (χ3v) is 2.04. The van der Waals surface area contributed by atoms with E-state index in [1.807, 2.05) is 0 Å². The van der Waals surface area contributed by atoms with Crippen molar-refractivity contribution in [1.82, 2.24) is 0 Å². The summed E-state index contributed by atoms with van der Waals surface area (Å²) in [5.41, 5.74) is 5.07. The quantitative estimate of drug-likeness (QED) is 0.490. The van der Waals surface area contributed by atoms with Gasteiger partial charge in [-0.1, -0.05) is 0 Å². The molecule has 0 aromatic carbocycles. The first-order valence-corrected chi connectivity index (χ1v) is 4.87. The lowest BCUT2D eigenvalue weighted by molar-refractivity contribution is -0.138. The van der Waals surface area contributed by atoms with Crippen molar-refractivity contribution < 1.29 is 22.9 Å². The first-order chi connectivity index (χ1) is 5.33. The number of hydrogen-bond acceptors (Lipinski definition) is 4. The van der Waals surface area contributed by atoms with Crippen LogP contribution in [0.3, 0.4) is 0 Å². The van der Waals surface area contributed by atoms with E-state index in [0.717, 1.165) is 0 Å². The van der Waals surface area contributed by atoms with Gasteiger partial charge in [-0.15, -0.1) is 0 Å². The smallest absolute Gasteiger partial charge is 0.320 e.